The van der Waals surface area contributed by atoms with Gasteiger partial charge in [0.2, 0.25) is 0 Å². The molecule has 0 radical (unpaired) electrons. The van der Waals surface area contributed by atoms with E-state index in [9.17, 15) is 9.59 Å². The smallest absolute Gasteiger partial charge is 0.339 e. The molecular weight excluding hydrogens is 308 g/mol. The normalized spacial score (nSPS) is 13.2. The van der Waals surface area contributed by atoms with Crippen LogP contribution in [0.25, 0.3) is 0 Å². The number of aromatic nitrogens is 1. The molecule has 0 saturated heterocycles. The van der Waals surface area contributed by atoms with Crippen LogP contribution in [0.4, 0.5) is 0 Å². The van der Waals surface area contributed by atoms with Crippen molar-refractivity contribution in [3.8, 4) is 5.75 Å². The lowest BCUT2D eigenvalue weighted by molar-refractivity contribution is 0.0598. The predicted octanol–water partition coefficient (Wildman–Crippen LogP) is 2.08. The number of nitrogens with zero attached hydrogens (tertiary/aromatic N) is 2. The number of pyridine rings is 1. The molecule has 0 fully saturated rings. The van der Waals surface area contributed by atoms with E-state index in [1.807, 2.05) is 0 Å². The lowest BCUT2D eigenvalue weighted by Crippen LogP contribution is -2.36. The van der Waals surface area contributed by atoms with E-state index in [2.05, 4.69) is 4.98 Å². The van der Waals surface area contributed by atoms with Crippen molar-refractivity contribution < 1.29 is 19.1 Å². The van der Waals surface area contributed by atoms with Gasteiger partial charge in [-0.25, -0.2) is 4.79 Å². The fourth-order valence-corrected chi connectivity index (χ4v) is 2.89. The van der Waals surface area contributed by atoms with Gasteiger partial charge in [0.15, 0.2) is 0 Å². The number of esters is 1. The molecule has 0 bridgehead atoms. The molecule has 2 aromatic rings. The van der Waals surface area contributed by atoms with Crippen LogP contribution < -0.4 is 4.74 Å². The van der Waals surface area contributed by atoms with Crippen molar-refractivity contribution in [2.24, 2.45) is 0 Å². The maximum atomic E-state index is 12.7. The van der Waals surface area contributed by atoms with Crippen LogP contribution in [-0.2, 0) is 17.7 Å². The van der Waals surface area contributed by atoms with E-state index < -0.39 is 5.97 Å². The summed E-state index contributed by atoms with van der Waals surface area (Å²) >= 11 is 0. The molecule has 124 valence electrons. The third kappa shape index (κ3) is 2.95. The molecule has 0 aliphatic carbocycles. The zero-order valence-corrected chi connectivity index (χ0v) is 13.6. The molecule has 6 nitrogen and oxygen atoms in total. The molecule has 2 heterocycles. The monoisotopic (exact) mass is 326 g/mol. The first kappa shape index (κ1) is 16.0. The van der Waals surface area contributed by atoms with Gasteiger partial charge < -0.3 is 14.4 Å². The quantitative estimate of drug-likeness (QED) is 0.808. The Kier molecular flexibility index (Phi) is 4.46. The van der Waals surface area contributed by atoms with Crippen LogP contribution in [0.2, 0.25) is 0 Å². The first-order chi connectivity index (χ1) is 11.6. The van der Waals surface area contributed by atoms with E-state index in [0.29, 0.717) is 36.4 Å². The second-order valence-electron chi connectivity index (χ2n) is 5.52. The summed E-state index contributed by atoms with van der Waals surface area (Å²) in [5, 5.41) is 0. The van der Waals surface area contributed by atoms with Gasteiger partial charge in [-0.3, -0.25) is 9.78 Å². The van der Waals surface area contributed by atoms with Crippen LogP contribution in [0.5, 0.6) is 5.75 Å². The number of methoxy groups -OCH3 is 2. The number of carbonyl (C=O) groups is 2. The number of hydrogen-bond donors (Lipinski definition) is 0. The Morgan fingerprint density at radius 3 is 2.79 bits per heavy atom. The summed E-state index contributed by atoms with van der Waals surface area (Å²) in [4.78, 5) is 30.4. The molecule has 0 atom stereocenters. The minimum Gasteiger partial charge on any atom is -0.497 e. The van der Waals surface area contributed by atoms with Crippen molar-refractivity contribution in [2.45, 2.75) is 13.0 Å². The van der Waals surface area contributed by atoms with Crippen LogP contribution in [0.1, 0.15) is 31.8 Å². The lowest BCUT2D eigenvalue weighted by Gasteiger charge is -2.29. The zero-order chi connectivity index (χ0) is 17.1. The van der Waals surface area contributed by atoms with Crippen LogP contribution in [0.3, 0.4) is 0 Å². The van der Waals surface area contributed by atoms with E-state index >= 15 is 0 Å². The molecule has 1 aromatic carbocycles. The van der Waals surface area contributed by atoms with E-state index in [-0.39, 0.29) is 5.91 Å². The van der Waals surface area contributed by atoms with Crippen molar-refractivity contribution in [1.29, 1.82) is 0 Å². The van der Waals surface area contributed by atoms with Crippen LogP contribution in [0.15, 0.2) is 36.7 Å². The van der Waals surface area contributed by atoms with Gasteiger partial charge in [0.05, 0.1) is 19.8 Å². The van der Waals surface area contributed by atoms with Gasteiger partial charge in [-0.05, 0) is 35.7 Å². The molecule has 1 aromatic heterocycles. The van der Waals surface area contributed by atoms with E-state index in [1.54, 1.807) is 42.5 Å². The molecule has 0 N–H and O–H groups in total. The van der Waals surface area contributed by atoms with E-state index in [1.165, 1.54) is 13.3 Å². The summed E-state index contributed by atoms with van der Waals surface area (Å²) in [6.45, 7) is 0.959. The highest BCUT2D eigenvalue weighted by Gasteiger charge is 2.26. The highest BCUT2D eigenvalue weighted by molar-refractivity contribution is 5.95. The minimum atomic E-state index is -0.396. The summed E-state index contributed by atoms with van der Waals surface area (Å²) in [7, 11) is 2.92. The Bertz CT molecular complexity index is 788. The molecule has 1 aliphatic heterocycles. The highest BCUT2D eigenvalue weighted by Crippen LogP contribution is 2.24. The average molecular weight is 326 g/mol. The highest BCUT2D eigenvalue weighted by atomic mass is 16.5. The van der Waals surface area contributed by atoms with Gasteiger partial charge >= 0.3 is 5.97 Å². The van der Waals surface area contributed by atoms with Gasteiger partial charge in [-0.1, -0.05) is 6.07 Å². The fourth-order valence-electron chi connectivity index (χ4n) is 2.89. The third-order valence-electron chi connectivity index (χ3n) is 4.15. The van der Waals surface area contributed by atoms with Crippen LogP contribution in [0, 0.1) is 0 Å². The number of benzene rings is 1. The maximum absolute atomic E-state index is 12.7. The van der Waals surface area contributed by atoms with Crippen molar-refractivity contribution in [3.05, 3.63) is 58.9 Å². The molecule has 1 amide bonds. The maximum Gasteiger partial charge on any atom is 0.339 e. The van der Waals surface area contributed by atoms with Gasteiger partial charge in [-0.15, -0.1) is 0 Å². The lowest BCUT2D eigenvalue weighted by atomic mass is 9.96. The van der Waals surface area contributed by atoms with E-state index in [4.69, 9.17) is 9.47 Å². The van der Waals surface area contributed by atoms with Gasteiger partial charge in [0.1, 0.15) is 5.75 Å². The van der Waals surface area contributed by atoms with Crippen molar-refractivity contribution in [1.82, 2.24) is 9.88 Å². The largest absolute Gasteiger partial charge is 0.497 e. The number of carbonyl (C=O) groups excluding carboxylic acids is 2. The Morgan fingerprint density at radius 1 is 1.21 bits per heavy atom. The Morgan fingerprint density at radius 2 is 2.04 bits per heavy atom. The van der Waals surface area contributed by atoms with E-state index in [0.717, 1.165) is 11.1 Å². The third-order valence-corrected chi connectivity index (χ3v) is 4.15. The molecular formula is C18H18N2O4. The first-order valence-corrected chi connectivity index (χ1v) is 7.61. The van der Waals surface area contributed by atoms with Gasteiger partial charge in [0.25, 0.3) is 5.91 Å². The topological polar surface area (TPSA) is 68.7 Å². The summed E-state index contributed by atoms with van der Waals surface area (Å²) in [5.74, 6) is 0.183. The molecule has 0 saturated carbocycles. The Labute approximate surface area is 140 Å². The fraction of sp³-hybridized carbons (Fsp3) is 0.278. The molecule has 1 aliphatic rings. The molecule has 0 spiro atoms. The Balaban J connectivity index is 1.85. The first-order valence-electron chi connectivity index (χ1n) is 7.61. The Hall–Kier alpha value is -2.89. The summed E-state index contributed by atoms with van der Waals surface area (Å²) in [6, 6.07) is 7.08. The van der Waals surface area contributed by atoms with Crippen molar-refractivity contribution >= 4 is 11.9 Å². The standard InChI is InChI=1S/C18H18N2O4/c1-23-14-5-3-4-12(8-14)17(21)20-7-6-15-13(11-20)9-19-10-16(15)18(22)24-2/h3-5,8-10H,6-7,11H2,1-2H3. The number of ether oxygens (including phenoxy) is 2. The SMILES string of the molecule is COC(=O)c1cncc2c1CCN(C(=O)c1cccc(OC)c1)C2. The molecule has 3 rings (SSSR count). The average Bonchev–Trinajstić information content (AvgIpc) is 2.65. The minimum absolute atomic E-state index is 0.0666. The molecule has 24 heavy (non-hydrogen) atoms. The van der Waals surface area contributed by atoms with Gasteiger partial charge in [-0.2, -0.15) is 0 Å². The van der Waals surface area contributed by atoms with Crippen molar-refractivity contribution in [3.63, 3.8) is 0 Å². The second kappa shape index (κ2) is 6.70. The number of amides is 1. The summed E-state index contributed by atoms with van der Waals surface area (Å²) in [5.41, 5.74) is 2.84. The van der Waals surface area contributed by atoms with Crippen LogP contribution >= 0.6 is 0 Å². The van der Waals surface area contributed by atoms with Gasteiger partial charge in [0, 0.05) is 31.0 Å². The summed E-state index contributed by atoms with van der Waals surface area (Å²) < 4.78 is 9.97. The number of hydrogen-bond acceptors (Lipinski definition) is 5. The van der Waals surface area contributed by atoms with Crippen molar-refractivity contribution in [2.75, 3.05) is 20.8 Å². The molecule has 0 unspecified atom stereocenters. The number of rotatable bonds is 3. The number of fused-ring (bicyclic) bond motifs is 1. The predicted molar refractivity (Wildman–Crippen MR) is 87.0 cm³/mol. The zero-order valence-electron chi connectivity index (χ0n) is 13.6. The second-order valence-corrected chi connectivity index (χ2v) is 5.52. The summed E-state index contributed by atoms with van der Waals surface area (Å²) in [6.07, 6.45) is 3.81. The van der Waals surface area contributed by atoms with Crippen LogP contribution in [-0.4, -0.2) is 42.5 Å². The molecule has 6 heteroatoms.